The Hall–Kier alpha value is -1.26. The van der Waals surface area contributed by atoms with Gasteiger partial charge in [-0.25, -0.2) is 9.59 Å². The smallest absolute Gasteiger partial charge is 0.330 e. The minimum atomic E-state index is -0.357. The van der Waals surface area contributed by atoms with Gasteiger partial charge in [-0.2, -0.15) is 0 Å². The molecule has 0 aromatic carbocycles. The van der Waals surface area contributed by atoms with E-state index in [4.69, 9.17) is 0 Å². The van der Waals surface area contributed by atoms with Crippen LogP contribution in [0.15, 0.2) is 0 Å². The number of nitrogens with zero attached hydrogens (tertiary/aromatic N) is 2. The predicted molar refractivity (Wildman–Crippen MR) is 41.6 cm³/mol. The molecular weight excluding hydrogens is 160 g/mol. The average Bonchev–Trinajstić information content (AvgIpc) is 2.80. The Bertz CT molecular complexity index is 215. The van der Waals surface area contributed by atoms with Crippen molar-refractivity contribution in [3.05, 3.63) is 0 Å². The number of esters is 1. The molecule has 1 saturated heterocycles. The second kappa shape index (κ2) is 3.00. The largest absolute Gasteiger partial charge is 0.467 e. The van der Waals surface area contributed by atoms with Crippen LogP contribution >= 0.6 is 0 Å². The van der Waals surface area contributed by atoms with Crippen molar-refractivity contribution in [2.75, 3.05) is 27.7 Å². The van der Waals surface area contributed by atoms with Crippen LogP contribution in [0.1, 0.15) is 0 Å². The fraction of sp³-hybridized carbons (Fsp3) is 0.714. The molecule has 68 valence electrons. The molecule has 5 nitrogen and oxygen atoms in total. The van der Waals surface area contributed by atoms with E-state index in [1.54, 1.807) is 14.1 Å². The maximum atomic E-state index is 11.2. The summed E-state index contributed by atoms with van der Waals surface area (Å²) in [5.41, 5.74) is 0. The molecule has 0 aromatic rings. The summed E-state index contributed by atoms with van der Waals surface area (Å²) in [6.45, 7) is 0.476. The molecular formula is C7H12N2O3. The van der Waals surface area contributed by atoms with Gasteiger partial charge < -0.3 is 14.5 Å². The lowest BCUT2D eigenvalue weighted by Gasteiger charge is -2.10. The van der Waals surface area contributed by atoms with Crippen LogP contribution in [0.2, 0.25) is 0 Å². The third-order valence-corrected chi connectivity index (χ3v) is 1.71. The Morgan fingerprint density at radius 3 is 2.50 bits per heavy atom. The van der Waals surface area contributed by atoms with Gasteiger partial charge in [-0.15, -0.1) is 0 Å². The Morgan fingerprint density at radius 2 is 2.08 bits per heavy atom. The third kappa shape index (κ3) is 1.49. The van der Waals surface area contributed by atoms with E-state index in [1.165, 1.54) is 16.9 Å². The van der Waals surface area contributed by atoms with E-state index >= 15 is 0 Å². The van der Waals surface area contributed by atoms with Gasteiger partial charge in [0.1, 0.15) is 6.04 Å². The van der Waals surface area contributed by atoms with E-state index in [2.05, 4.69) is 4.74 Å². The number of amides is 2. The summed E-state index contributed by atoms with van der Waals surface area (Å²) in [4.78, 5) is 24.9. The van der Waals surface area contributed by atoms with Crippen LogP contribution in [0.3, 0.4) is 0 Å². The van der Waals surface area contributed by atoms with Crippen molar-refractivity contribution in [3.8, 4) is 0 Å². The molecule has 1 aliphatic heterocycles. The summed E-state index contributed by atoms with van der Waals surface area (Å²) in [6.07, 6.45) is 0. The number of hydrogen-bond donors (Lipinski definition) is 0. The van der Waals surface area contributed by atoms with Gasteiger partial charge in [0.05, 0.1) is 13.7 Å². The molecule has 0 spiro atoms. The van der Waals surface area contributed by atoms with Gasteiger partial charge in [-0.1, -0.05) is 0 Å². The fourth-order valence-corrected chi connectivity index (χ4v) is 0.945. The molecule has 1 rings (SSSR count). The van der Waals surface area contributed by atoms with E-state index in [0.717, 1.165) is 0 Å². The maximum Gasteiger partial charge on any atom is 0.330 e. The van der Waals surface area contributed by atoms with Crippen LogP contribution in [0, 0.1) is 0 Å². The van der Waals surface area contributed by atoms with Gasteiger partial charge in [0.2, 0.25) is 0 Å². The molecule has 1 fully saturated rings. The number of carbonyl (C=O) groups is 2. The highest BCUT2D eigenvalue weighted by Gasteiger charge is 2.45. The molecule has 0 saturated carbocycles. The molecule has 5 heteroatoms. The molecule has 0 bridgehead atoms. The highest BCUT2D eigenvalue weighted by atomic mass is 16.5. The zero-order valence-electron chi connectivity index (χ0n) is 7.40. The molecule has 1 atom stereocenters. The molecule has 0 aromatic heterocycles. The van der Waals surface area contributed by atoms with E-state index in [0.29, 0.717) is 6.54 Å². The van der Waals surface area contributed by atoms with Crippen molar-refractivity contribution < 1.29 is 14.3 Å². The lowest BCUT2D eigenvalue weighted by atomic mass is 10.5. The third-order valence-electron chi connectivity index (χ3n) is 1.71. The highest BCUT2D eigenvalue weighted by Crippen LogP contribution is 2.19. The van der Waals surface area contributed by atoms with E-state index in [1.807, 2.05) is 0 Å². The molecule has 1 heterocycles. The summed E-state index contributed by atoms with van der Waals surface area (Å²) >= 11 is 0. The maximum absolute atomic E-state index is 11.2. The number of carbonyl (C=O) groups excluding carboxylic acids is 2. The zero-order valence-corrected chi connectivity index (χ0v) is 7.40. The van der Waals surface area contributed by atoms with Crippen molar-refractivity contribution >= 4 is 12.0 Å². The molecule has 2 amide bonds. The Balaban J connectivity index is 2.42. The lowest BCUT2D eigenvalue weighted by Crippen LogP contribution is -2.30. The van der Waals surface area contributed by atoms with Crippen molar-refractivity contribution in [2.45, 2.75) is 6.04 Å². The van der Waals surface area contributed by atoms with Gasteiger partial charge >= 0.3 is 12.0 Å². The van der Waals surface area contributed by atoms with E-state index < -0.39 is 0 Å². The van der Waals surface area contributed by atoms with Gasteiger partial charge in [-0.3, -0.25) is 0 Å². The van der Waals surface area contributed by atoms with E-state index in [9.17, 15) is 9.59 Å². The van der Waals surface area contributed by atoms with Crippen LogP contribution in [-0.4, -0.2) is 55.6 Å². The minimum Gasteiger partial charge on any atom is -0.467 e. The Kier molecular flexibility index (Phi) is 2.21. The van der Waals surface area contributed by atoms with Crippen LogP contribution in [0.4, 0.5) is 4.79 Å². The molecule has 1 unspecified atom stereocenters. The number of methoxy groups -OCH3 is 1. The standard InChI is InChI=1S/C7H12N2O3/c1-8(2)7(11)9-4-5(9)6(10)12-3/h5H,4H2,1-3H3. The van der Waals surface area contributed by atoms with Gasteiger partial charge in [0, 0.05) is 14.1 Å². The Morgan fingerprint density at radius 1 is 1.50 bits per heavy atom. The zero-order chi connectivity index (χ0) is 9.30. The number of urea groups is 1. The van der Waals surface area contributed by atoms with Crippen LogP contribution in [-0.2, 0) is 9.53 Å². The second-order valence-electron chi connectivity index (χ2n) is 2.87. The molecule has 1 aliphatic rings. The molecule has 0 aliphatic carbocycles. The lowest BCUT2D eigenvalue weighted by molar-refractivity contribution is -0.140. The topological polar surface area (TPSA) is 49.6 Å². The first-order chi connectivity index (χ1) is 5.57. The average molecular weight is 172 g/mol. The van der Waals surface area contributed by atoms with Crippen molar-refractivity contribution in [1.29, 1.82) is 0 Å². The van der Waals surface area contributed by atoms with Crippen molar-refractivity contribution in [2.24, 2.45) is 0 Å². The van der Waals surface area contributed by atoms with E-state index in [-0.39, 0.29) is 18.0 Å². The normalized spacial score (nSPS) is 20.2. The minimum absolute atomic E-state index is 0.148. The number of hydrogen-bond acceptors (Lipinski definition) is 3. The quantitative estimate of drug-likeness (QED) is 0.396. The summed E-state index contributed by atoms with van der Waals surface area (Å²) in [7, 11) is 4.61. The van der Waals surface area contributed by atoms with Crippen LogP contribution in [0.5, 0.6) is 0 Å². The Labute approximate surface area is 70.9 Å². The molecule has 0 radical (unpaired) electrons. The highest BCUT2D eigenvalue weighted by molar-refractivity contribution is 5.88. The van der Waals surface area contributed by atoms with Crippen molar-refractivity contribution in [1.82, 2.24) is 9.80 Å². The first-order valence-electron chi connectivity index (χ1n) is 3.63. The second-order valence-corrected chi connectivity index (χ2v) is 2.87. The summed E-state index contributed by atoms with van der Waals surface area (Å²) in [6, 6.07) is -0.504. The predicted octanol–water partition coefficient (Wildman–Crippen LogP) is -0.475. The number of rotatable bonds is 1. The van der Waals surface area contributed by atoms with Crippen LogP contribution in [0.25, 0.3) is 0 Å². The first-order valence-corrected chi connectivity index (χ1v) is 3.63. The monoisotopic (exact) mass is 172 g/mol. The first kappa shape index (κ1) is 8.83. The number of ether oxygens (including phenoxy) is 1. The SMILES string of the molecule is COC(=O)C1CN1C(=O)N(C)C. The van der Waals surface area contributed by atoms with Gasteiger partial charge in [-0.05, 0) is 0 Å². The van der Waals surface area contributed by atoms with Crippen LogP contribution < -0.4 is 0 Å². The van der Waals surface area contributed by atoms with Gasteiger partial charge in [0.25, 0.3) is 0 Å². The van der Waals surface area contributed by atoms with Crippen molar-refractivity contribution in [3.63, 3.8) is 0 Å². The summed E-state index contributed by atoms with van der Waals surface area (Å²) < 4.78 is 4.48. The fourth-order valence-electron chi connectivity index (χ4n) is 0.945. The summed E-state index contributed by atoms with van der Waals surface area (Å²) in [5, 5.41) is 0. The molecule has 12 heavy (non-hydrogen) atoms. The van der Waals surface area contributed by atoms with Gasteiger partial charge in [0.15, 0.2) is 0 Å². The molecule has 0 N–H and O–H groups in total. The summed E-state index contributed by atoms with van der Waals surface area (Å²) in [5.74, 6) is -0.342.